The molecular formula is C24H28N4O3. The molecule has 0 unspecified atom stereocenters. The molecule has 0 saturated carbocycles. The van der Waals surface area contributed by atoms with Crippen LogP contribution in [0.25, 0.3) is 11.0 Å². The first-order valence-electron chi connectivity index (χ1n) is 10.7. The van der Waals surface area contributed by atoms with Gasteiger partial charge in [0.25, 0.3) is 5.91 Å². The Labute approximate surface area is 182 Å². The third-order valence-corrected chi connectivity index (χ3v) is 5.90. The molecule has 2 amide bonds. The molecule has 4 rings (SSSR count). The summed E-state index contributed by atoms with van der Waals surface area (Å²) < 4.78 is 7.11. The highest BCUT2D eigenvalue weighted by Crippen LogP contribution is 2.20. The monoisotopic (exact) mass is 420 g/mol. The van der Waals surface area contributed by atoms with Crippen molar-refractivity contribution in [3.8, 4) is 5.75 Å². The molecule has 2 heterocycles. The second-order valence-electron chi connectivity index (χ2n) is 8.08. The van der Waals surface area contributed by atoms with E-state index in [-0.39, 0.29) is 24.9 Å². The number of hydrogen-bond donors (Lipinski definition) is 1. The quantitative estimate of drug-likeness (QED) is 0.664. The molecule has 0 spiro atoms. The van der Waals surface area contributed by atoms with Gasteiger partial charge in [-0.25, -0.2) is 4.98 Å². The van der Waals surface area contributed by atoms with E-state index in [2.05, 4.69) is 17.2 Å². The molecule has 0 bridgehead atoms. The van der Waals surface area contributed by atoms with Gasteiger partial charge in [0, 0.05) is 18.7 Å². The van der Waals surface area contributed by atoms with Crippen LogP contribution in [0.3, 0.4) is 0 Å². The number of benzene rings is 2. The molecule has 31 heavy (non-hydrogen) atoms. The Morgan fingerprint density at radius 3 is 2.68 bits per heavy atom. The van der Waals surface area contributed by atoms with Crippen LogP contribution in [-0.4, -0.2) is 46.5 Å². The first-order valence-corrected chi connectivity index (χ1v) is 10.7. The number of ether oxygens (including phenoxy) is 1. The summed E-state index contributed by atoms with van der Waals surface area (Å²) in [5, 5.41) is 2.92. The molecular weight excluding hydrogens is 392 g/mol. The number of likely N-dealkylation sites (tertiary alicyclic amines) is 1. The topological polar surface area (TPSA) is 76.5 Å². The van der Waals surface area contributed by atoms with E-state index in [0.717, 1.165) is 37.0 Å². The van der Waals surface area contributed by atoms with Crippen molar-refractivity contribution < 1.29 is 14.3 Å². The van der Waals surface area contributed by atoms with Crippen molar-refractivity contribution in [1.29, 1.82) is 0 Å². The minimum Gasteiger partial charge on any atom is -0.497 e. The predicted octanol–water partition coefficient (Wildman–Crippen LogP) is 3.23. The Kier molecular flexibility index (Phi) is 6.21. The zero-order valence-electron chi connectivity index (χ0n) is 18.0. The van der Waals surface area contributed by atoms with Gasteiger partial charge in [0.15, 0.2) is 0 Å². The molecule has 1 saturated heterocycles. The van der Waals surface area contributed by atoms with Crippen LogP contribution in [0.2, 0.25) is 0 Å². The fourth-order valence-electron chi connectivity index (χ4n) is 3.96. The smallest absolute Gasteiger partial charge is 0.251 e. The van der Waals surface area contributed by atoms with E-state index in [0.29, 0.717) is 23.1 Å². The molecule has 1 aliphatic rings. The fourth-order valence-corrected chi connectivity index (χ4v) is 3.96. The lowest BCUT2D eigenvalue weighted by molar-refractivity contribution is -0.133. The fraction of sp³-hybridized carbons (Fsp3) is 0.375. The van der Waals surface area contributed by atoms with Crippen LogP contribution in [0, 0.1) is 5.92 Å². The third kappa shape index (κ3) is 4.71. The van der Waals surface area contributed by atoms with E-state index < -0.39 is 0 Å². The van der Waals surface area contributed by atoms with E-state index in [1.807, 2.05) is 33.7 Å². The summed E-state index contributed by atoms with van der Waals surface area (Å²) in [6.45, 7) is 4.28. The minimum absolute atomic E-state index is 0.0930. The zero-order chi connectivity index (χ0) is 21.8. The van der Waals surface area contributed by atoms with Gasteiger partial charge in [0.2, 0.25) is 5.91 Å². The summed E-state index contributed by atoms with van der Waals surface area (Å²) in [5.74, 6) is 1.84. The molecule has 1 N–H and O–H groups in total. The van der Waals surface area contributed by atoms with Gasteiger partial charge in [0.1, 0.15) is 18.1 Å². The van der Waals surface area contributed by atoms with Crippen molar-refractivity contribution in [2.75, 3.05) is 20.2 Å². The van der Waals surface area contributed by atoms with E-state index in [1.54, 1.807) is 31.4 Å². The number of methoxy groups -OCH3 is 1. The Morgan fingerprint density at radius 2 is 1.90 bits per heavy atom. The van der Waals surface area contributed by atoms with E-state index in [4.69, 9.17) is 4.74 Å². The molecule has 162 valence electrons. The number of nitrogens with zero attached hydrogens (tertiary/aromatic N) is 3. The molecule has 7 nitrogen and oxygen atoms in total. The van der Waals surface area contributed by atoms with Crippen molar-refractivity contribution in [3.63, 3.8) is 0 Å². The molecule has 1 aromatic heterocycles. The summed E-state index contributed by atoms with van der Waals surface area (Å²) in [5.41, 5.74) is 2.22. The number of aromatic nitrogens is 2. The molecule has 1 aliphatic heterocycles. The van der Waals surface area contributed by atoms with Gasteiger partial charge in [-0.05, 0) is 49.1 Å². The SMILES string of the molecule is COc1cccc(C(=O)NCc2nc3ccccc3n2CC(=O)N2CCC(C)CC2)c1. The Bertz CT molecular complexity index is 1080. The number of fused-ring (bicyclic) bond motifs is 1. The summed E-state index contributed by atoms with van der Waals surface area (Å²) in [4.78, 5) is 32.2. The highest BCUT2D eigenvalue weighted by Gasteiger charge is 2.22. The first kappa shape index (κ1) is 20.9. The molecule has 1 fully saturated rings. The van der Waals surface area contributed by atoms with Gasteiger partial charge in [0.05, 0.1) is 24.7 Å². The molecule has 2 aromatic carbocycles. The number of rotatable bonds is 6. The highest BCUT2D eigenvalue weighted by atomic mass is 16.5. The summed E-state index contributed by atoms with van der Waals surface area (Å²) >= 11 is 0. The minimum atomic E-state index is -0.214. The number of nitrogens with one attached hydrogen (secondary N) is 1. The number of carbonyl (C=O) groups excluding carboxylic acids is 2. The van der Waals surface area contributed by atoms with Crippen LogP contribution in [-0.2, 0) is 17.9 Å². The van der Waals surface area contributed by atoms with Gasteiger partial charge in [-0.1, -0.05) is 25.1 Å². The van der Waals surface area contributed by atoms with Crippen molar-refractivity contribution in [2.45, 2.75) is 32.9 Å². The lowest BCUT2D eigenvalue weighted by Crippen LogP contribution is -2.40. The Balaban J connectivity index is 1.52. The maximum atomic E-state index is 13.0. The molecule has 0 atom stereocenters. The van der Waals surface area contributed by atoms with Crippen LogP contribution >= 0.6 is 0 Å². The van der Waals surface area contributed by atoms with Gasteiger partial charge < -0.3 is 19.5 Å². The normalized spacial score (nSPS) is 14.6. The van der Waals surface area contributed by atoms with Crippen LogP contribution < -0.4 is 10.1 Å². The lowest BCUT2D eigenvalue weighted by atomic mass is 9.99. The maximum absolute atomic E-state index is 13.0. The summed E-state index contributed by atoms with van der Waals surface area (Å²) in [6.07, 6.45) is 2.08. The number of piperidine rings is 1. The van der Waals surface area contributed by atoms with Crippen LogP contribution in [0.5, 0.6) is 5.75 Å². The van der Waals surface area contributed by atoms with Crippen molar-refractivity contribution in [3.05, 3.63) is 59.9 Å². The van der Waals surface area contributed by atoms with Crippen molar-refractivity contribution >= 4 is 22.8 Å². The Hall–Kier alpha value is -3.35. The van der Waals surface area contributed by atoms with Gasteiger partial charge in [-0.2, -0.15) is 0 Å². The number of imidazole rings is 1. The van der Waals surface area contributed by atoms with Crippen molar-refractivity contribution in [1.82, 2.24) is 19.8 Å². The van der Waals surface area contributed by atoms with Crippen LogP contribution in [0.15, 0.2) is 48.5 Å². The van der Waals surface area contributed by atoms with E-state index >= 15 is 0 Å². The molecule has 0 radical (unpaired) electrons. The highest BCUT2D eigenvalue weighted by molar-refractivity contribution is 5.94. The Morgan fingerprint density at radius 1 is 1.13 bits per heavy atom. The van der Waals surface area contributed by atoms with Gasteiger partial charge in [-0.3, -0.25) is 9.59 Å². The average molecular weight is 421 g/mol. The standard InChI is InChI=1S/C24H28N4O3/c1-17-10-12-27(13-11-17)23(29)16-28-21-9-4-3-8-20(21)26-22(28)15-25-24(30)18-6-5-7-19(14-18)31-2/h3-9,14,17H,10-13,15-16H2,1-2H3,(H,25,30). The van der Waals surface area contributed by atoms with E-state index in [1.165, 1.54) is 0 Å². The maximum Gasteiger partial charge on any atom is 0.251 e. The second kappa shape index (κ2) is 9.20. The average Bonchev–Trinajstić information content (AvgIpc) is 3.15. The lowest BCUT2D eigenvalue weighted by Gasteiger charge is -2.30. The van der Waals surface area contributed by atoms with Gasteiger partial charge >= 0.3 is 0 Å². The number of para-hydroxylation sites is 2. The largest absolute Gasteiger partial charge is 0.497 e. The molecule has 7 heteroatoms. The predicted molar refractivity (Wildman–Crippen MR) is 119 cm³/mol. The van der Waals surface area contributed by atoms with Crippen molar-refractivity contribution in [2.24, 2.45) is 5.92 Å². The molecule has 0 aliphatic carbocycles. The summed E-state index contributed by atoms with van der Waals surface area (Å²) in [6, 6.07) is 14.7. The number of carbonyl (C=O) groups is 2. The number of hydrogen-bond acceptors (Lipinski definition) is 4. The van der Waals surface area contributed by atoms with Gasteiger partial charge in [-0.15, -0.1) is 0 Å². The van der Waals surface area contributed by atoms with E-state index in [9.17, 15) is 9.59 Å². The zero-order valence-corrected chi connectivity index (χ0v) is 18.0. The van der Waals surface area contributed by atoms with Crippen LogP contribution in [0.4, 0.5) is 0 Å². The second-order valence-corrected chi connectivity index (χ2v) is 8.08. The third-order valence-electron chi connectivity index (χ3n) is 5.90. The number of amides is 2. The van der Waals surface area contributed by atoms with Crippen LogP contribution in [0.1, 0.15) is 35.9 Å². The molecule has 3 aromatic rings. The summed E-state index contributed by atoms with van der Waals surface area (Å²) in [7, 11) is 1.57. The first-order chi connectivity index (χ1) is 15.0.